The molecule has 10 heteroatoms. The molecular weight excluding hydrogens is 413 g/mol. The lowest BCUT2D eigenvalue weighted by atomic mass is 10.1. The Morgan fingerprint density at radius 2 is 1.96 bits per heavy atom. The number of nitrogens with zero attached hydrogens (tertiary/aromatic N) is 1. The van der Waals surface area contributed by atoms with Crippen molar-refractivity contribution in [2.24, 2.45) is 0 Å². The number of carbonyl (C=O) groups is 1. The van der Waals surface area contributed by atoms with Gasteiger partial charge < -0.3 is 14.5 Å². The topological polar surface area (TPSA) is 64.4 Å². The van der Waals surface area contributed by atoms with Crippen LogP contribution in [0.5, 0.6) is 5.75 Å². The monoisotopic (exact) mass is 422 g/mol. The van der Waals surface area contributed by atoms with E-state index in [2.05, 4.69) is 15.0 Å². The first-order valence-corrected chi connectivity index (χ1v) is 8.99. The van der Waals surface area contributed by atoms with Gasteiger partial charge in [-0.25, -0.2) is 0 Å². The number of fused-ring (bicyclic) bond motifs is 1. The van der Waals surface area contributed by atoms with E-state index in [4.69, 9.17) is 16.6 Å². The van der Waals surface area contributed by atoms with Crippen LogP contribution in [0.1, 0.15) is 5.76 Å². The molecule has 0 atom stereocenters. The number of alkyl halides is 3. The van der Waals surface area contributed by atoms with Gasteiger partial charge in [0.1, 0.15) is 21.4 Å². The van der Waals surface area contributed by atoms with Crippen molar-refractivity contribution in [2.75, 3.05) is 0 Å². The predicted molar refractivity (Wildman–Crippen MR) is 102 cm³/mol. The Labute approximate surface area is 165 Å². The van der Waals surface area contributed by atoms with Crippen LogP contribution in [0.3, 0.4) is 0 Å². The van der Waals surface area contributed by atoms with Gasteiger partial charge in [-0.1, -0.05) is 36.1 Å². The second kappa shape index (κ2) is 6.95. The highest BCUT2D eigenvalue weighted by atomic mass is 32.2. The van der Waals surface area contributed by atoms with Crippen LogP contribution in [-0.4, -0.2) is 21.6 Å². The molecule has 0 aliphatic carbocycles. The number of furan rings is 1. The van der Waals surface area contributed by atoms with Gasteiger partial charge in [0.2, 0.25) is 0 Å². The van der Waals surface area contributed by atoms with E-state index in [-0.39, 0.29) is 11.7 Å². The lowest BCUT2D eigenvalue weighted by Gasteiger charge is -2.09. The fourth-order valence-corrected chi connectivity index (χ4v) is 3.67. The Hall–Kier alpha value is -2.85. The zero-order valence-electron chi connectivity index (χ0n) is 13.7. The molecule has 1 aliphatic heterocycles. The van der Waals surface area contributed by atoms with Crippen LogP contribution in [0, 0.1) is 0 Å². The Kier molecular flexibility index (Phi) is 4.60. The van der Waals surface area contributed by atoms with E-state index in [1.54, 1.807) is 24.5 Å². The number of thiocarbonyl (C=S) groups is 1. The molecule has 1 amide bonds. The number of ether oxygens (including phenoxy) is 1. The molecule has 1 aromatic carbocycles. The van der Waals surface area contributed by atoms with E-state index in [1.165, 1.54) is 24.3 Å². The fourth-order valence-electron chi connectivity index (χ4n) is 2.65. The van der Waals surface area contributed by atoms with Crippen LogP contribution in [0.2, 0.25) is 0 Å². The molecule has 1 aliphatic rings. The first kappa shape index (κ1) is 18.5. The number of pyridine rings is 1. The number of rotatable bonds is 3. The van der Waals surface area contributed by atoms with Crippen LogP contribution < -0.4 is 10.1 Å². The lowest BCUT2D eigenvalue weighted by Crippen LogP contribution is -2.17. The van der Waals surface area contributed by atoms with Gasteiger partial charge in [-0.3, -0.25) is 9.78 Å². The summed E-state index contributed by atoms with van der Waals surface area (Å²) < 4.78 is 47.0. The minimum absolute atomic E-state index is 0.297. The van der Waals surface area contributed by atoms with Crippen LogP contribution in [0.15, 0.2) is 52.0 Å². The highest BCUT2D eigenvalue weighted by molar-refractivity contribution is 8.26. The van der Waals surface area contributed by atoms with Gasteiger partial charge in [-0.05, 0) is 23.8 Å². The lowest BCUT2D eigenvalue weighted by molar-refractivity contribution is -0.274. The van der Waals surface area contributed by atoms with Crippen molar-refractivity contribution >= 4 is 51.3 Å². The second-order valence-electron chi connectivity index (χ2n) is 5.68. The molecule has 1 fully saturated rings. The number of amides is 1. The summed E-state index contributed by atoms with van der Waals surface area (Å²) in [6, 6.07) is 7.12. The minimum atomic E-state index is -4.75. The van der Waals surface area contributed by atoms with Crippen LogP contribution >= 0.6 is 24.0 Å². The number of benzene rings is 1. The third kappa shape index (κ3) is 3.87. The van der Waals surface area contributed by atoms with E-state index >= 15 is 0 Å². The molecule has 142 valence electrons. The fraction of sp³-hybridized carbons (Fsp3) is 0.0556. The van der Waals surface area contributed by atoms with Crippen LogP contribution in [0.25, 0.3) is 28.2 Å². The zero-order chi connectivity index (χ0) is 19.9. The van der Waals surface area contributed by atoms with Crippen molar-refractivity contribution < 1.29 is 27.1 Å². The van der Waals surface area contributed by atoms with Crippen molar-refractivity contribution in [1.29, 1.82) is 0 Å². The molecule has 5 nitrogen and oxygen atoms in total. The molecule has 3 aromatic rings. The van der Waals surface area contributed by atoms with Gasteiger partial charge >= 0.3 is 6.36 Å². The van der Waals surface area contributed by atoms with E-state index < -0.39 is 6.36 Å². The molecule has 0 saturated carbocycles. The summed E-state index contributed by atoms with van der Waals surface area (Å²) in [6.45, 7) is 0. The number of aromatic nitrogens is 1. The minimum Gasteiger partial charge on any atom is -0.456 e. The van der Waals surface area contributed by atoms with Gasteiger partial charge in [0, 0.05) is 29.4 Å². The predicted octanol–water partition coefficient (Wildman–Crippen LogP) is 4.88. The summed E-state index contributed by atoms with van der Waals surface area (Å²) in [5.41, 5.74) is 1.70. The number of carbonyl (C=O) groups excluding carboxylic acids is 1. The molecule has 0 unspecified atom stereocenters. The van der Waals surface area contributed by atoms with Crippen LogP contribution in [0.4, 0.5) is 13.2 Å². The normalized spacial score (nSPS) is 16.0. The molecule has 3 heterocycles. The first-order valence-electron chi connectivity index (χ1n) is 7.77. The average molecular weight is 422 g/mol. The highest BCUT2D eigenvalue weighted by Gasteiger charge is 2.31. The number of hydrogen-bond acceptors (Lipinski definition) is 6. The van der Waals surface area contributed by atoms with Crippen LogP contribution in [-0.2, 0) is 4.79 Å². The molecule has 1 N–H and O–H groups in total. The van der Waals surface area contributed by atoms with E-state index in [9.17, 15) is 18.0 Å². The number of halogens is 3. The van der Waals surface area contributed by atoms with Crippen molar-refractivity contribution in [3.63, 3.8) is 0 Å². The number of thioether (sulfide) groups is 1. The summed E-state index contributed by atoms with van der Waals surface area (Å²) in [7, 11) is 0. The smallest absolute Gasteiger partial charge is 0.456 e. The molecule has 4 rings (SSSR count). The Morgan fingerprint density at radius 1 is 1.21 bits per heavy atom. The van der Waals surface area contributed by atoms with Gasteiger partial charge in [-0.2, -0.15) is 0 Å². The quantitative estimate of drug-likeness (QED) is 0.479. The van der Waals surface area contributed by atoms with Crippen molar-refractivity contribution in [3.05, 3.63) is 53.4 Å². The van der Waals surface area contributed by atoms with Crippen molar-refractivity contribution in [2.45, 2.75) is 6.36 Å². The summed E-state index contributed by atoms with van der Waals surface area (Å²) in [4.78, 5) is 16.3. The first-order chi connectivity index (χ1) is 13.3. The Bertz CT molecular complexity index is 1120. The number of hydrogen-bond donors (Lipinski definition) is 1. The molecular formula is C18H9F3N2O3S2. The average Bonchev–Trinajstić information content (AvgIpc) is 3.16. The molecule has 0 radical (unpaired) electrons. The Morgan fingerprint density at radius 3 is 2.61 bits per heavy atom. The van der Waals surface area contributed by atoms with E-state index in [1.807, 2.05) is 0 Å². The standard InChI is InChI=1S/C18H9F3N2O3S2/c19-18(20,21)26-11-3-1-9(2-4-11)13-8-22-7-10-5-12(25-15(10)13)6-14-16(24)23-17(27)28-14/h1-8H,(H,23,24,27)/b14-6-. The molecule has 0 bridgehead atoms. The summed E-state index contributed by atoms with van der Waals surface area (Å²) in [5.74, 6) is -0.181. The highest BCUT2D eigenvalue weighted by Crippen LogP contribution is 2.34. The Balaban J connectivity index is 1.69. The molecule has 2 aromatic heterocycles. The van der Waals surface area contributed by atoms with E-state index in [0.29, 0.717) is 37.1 Å². The van der Waals surface area contributed by atoms with Gasteiger partial charge in [0.25, 0.3) is 5.91 Å². The molecule has 0 spiro atoms. The number of nitrogens with one attached hydrogen (secondary N) is 1. The van der Waals surface area contributed by atoms with Gasteiger partial charge in [-0.15, -0.1) is 13.2 Å². The van der Waals surface area contributed by atoms with E-state index in [0.717, 1.165) is 11.8 Å². The maximum atomic E-state index is 12.3. The molecule has 28 heavy (non-hydrogen) atoms. The molecule has 1 saturated heterocycles. The SMILES string of the molecule is O=C1NC(=S)S/C1=C\c1cc2cncc(-c3ccc(OC(F)(F)F)cc3)c2o1. The maximum Gasteiger partial charge on any atom is 0.573 e. The summed E-state index contributed by atoms with van der Waals surface area (Å²) in [5, 5.41) is 3.21. The van der Waals surface area contributed by atoms with Crippen molar-refractivity contribution in [1.82, 2.24) is 10.3 Å². The summed E-state index contributed by atoms with van der Waals surface area (Å²) >= 11 is 6.09. The largest absolute Gasteiger partial charge is 0.573 e. The van der Waals surface area contributed by atoms with Crippen molar-refractivity contribution in [3.8, 4) is 16.9 Å². The summed E-state index contributed by atoms with van der Waals surface area (Å²) in [6.07, 6.45) is -0.0325. The second-order valence-corrected chi connectivity index (χ2v) is 7.40. The third-order valence-electron chi connectivity index (χ3n) is 3.76. The van der Waals surface area contributed by atoms with Gasteiger partial charge in [0.15, 0.2) is 0 Å². The third-order valence-corrected chi connectivity index (χ3v) is 4.92. The zero-order valence-corrected chi connectivity index (χ0v) is 15.4. The van der Waals surface area contributed by atoms with Gasteiger partial charge in [0.05, 0.1) is 4.91 Å². The maximum absolute atomic E-state index is 12.3.